The summed E-state index contributed by atoms with van der Waals surface area (Å²) in [6, 6.07) is -2.26. The molecule has 0 bridgehead atoms. The van der Waals surface area contributed by atoms with E-state index < -0.39 is 35.7 Å². The number of aromatic amines is 2. The maximum absolute atomic E-state index is 14.1. The average Bonchev–Trinajstić information content (AvgIpc) is 3.88. The number of allylic oxidation sites excluding steroid dienone is 2. The van der Waals surface area contributed by atoms with E-state index >= 15 is 0 Å². The first-order chi connectivity index (χ1) is 25.1. The summed E-state index contributed by atoms with van der Waals surface area (Å²) in [4.78, 5) is 69.0. The van der Waals surface area contributed by atoms with Crippen LogP contribution in [0.2, 0.25) is 0 Å². The second-order valence-corrected chi connectivity index (χ2v) is 14.9. The fraction of sp³-hybridized carbons (Fsp3) is 0.692. The predicted octanol–water partition coefficient (Wildman–Crippen LogP) is 6.05. The van der Waals surface area contributed by atoms with Crippen molar-refractivity contribution in [2.75, 3.05) is 13.1 Å². The standard InChI is InChI=1S/C39H64N8O5/c1-5-6-7-8-9-10-11-12-13-14-15-16-17-18-19-20-35(48)45-32-24-34(36(49)42-22-21-30-25-40-28-43-30)47(27-32)37(50)33(23-31-26-41-29-44-31)46-38(51)52-39(2,3)4/h12-13,25-26,28-29,32-34H,5-11,14-24,27H2,1-4H3,(H,40,43)(H,41,44)(H,42,49)(H,45,48)(H,46,51)/t32-,33?,34-/m0/s1. The normalized spacial score (nSPS) is 16.6. The van der Waals surface area contributed by atoms with Crippen LogP contribution in [0.25, 0.3) is 0 Å². The number of alkyl carbamates (subject to hydrolysis) is 1. The van der Waals surface area contributed by atoms with E-state index in [9.17, 15) is 19.2 Å². The van der Waals surface area contributed by atoms with E-state index in [1.807, 2.05) is 0 Å². The molecule has 2 aromatic heterocycles. The molecule has 13 heteroatoms. The van der Waals surface area contributed by atoms with Crippen LogP contribution >= 0.6 is 0 Å². The van der Waals surface area contributed by atoms with Gasteiger partial charge in [-0.05, 0) is 59.3 Å². The molecular weight excluding hydrogens is 660 g/mol. The summed E-state index contributed by atoms with van der Waals surface area (Å²) in [5.74, 6) is -0.848. The lowest BCUT2D eigenvalue weighted by Gasteiger charge is -2.29. The number of rotatable bonds is 24. The van der Waals surface area contributed by atoms with Crippen LogP contribution in [-0.4, -0.2) is 85.5 Å². The Labute approximate surface area is 310 Å². The van der Waals surface area contributed by atoms with Crippen molar-refractivity contribution < 1.29 is 23.9 Å². The number of carbonyl (C=O) groups is 4. The van der Waals surface area contributed by atoms with Crippen molar-refractivity contribution in [2.24, 2.45) is 0 Å². The summed E-state index contributed by atoms with van der Waals surface area (Å²) in [5.41, 5.74) is 0.746. The van der Waals surface area contributed by atoms with Crippen LogP contribution in [0.1, 0.15) is 135 Å². The highest BCUT2D eigenvalue weighted by Gasteiger charge is 2.42. The quantitative estimate of drug-likeness (QED) is 0.0647. The Hall–Kier alpha value is -4.16. The van der Waals surface area contributed by atoms with Gasteiger partial charge < -0.3 is 35.6 Å². The number of amides is 4. The molecule has 1 saturated heterocycles. The molecule has 1 aliphatic heterocycles. The summed E-state index contributed by atoms with van der Waals surface area (Å²) in [5, 5.41) is 8.71. The Morgan fingerprint density at radius 1 is 0.904 bits per heavy atom. The molecule has 3 rings (SSSR count). The van der Waals surface area contributed by atoms with Crippen molar-refractivity contribution in [3.8, 4) is 0 Å². The minimum atomic E-state index is -1.03. The van der Waals surface area contributed by atoms with E-state index in [-0.39, 0.29) is 31.2 Å². The Morgan fingerprint density at radius 2 is 1.52 bits per heavy atom. The number of nitrogens with one attached hydrogen (secondary N) is 5. The highest BCUT2D eigenvalue weighted by atomic mass is 16.6. The van der Waals surface area contributed by atoms with Gasteiger partial charge in [0.1, 0.15) is 17.7 Å². The number of imidazole rings is 2. The Bertz CT molecular complexity index is 1340. The Kier molecular flexibility index (Phi) is 19.0. The maximum atomic E-state index is 14.1. The zero-order valence-electron chi connectivity index (χ0n) is 32.0. The van der Waals surface area contributed by atoms with Crippen molar-refractivity contribution in [3.05, 3.63) is 48.6 Å². The second-order valence-electron chi connectivity index (χ2n) is 14.9. The fourth-order valence-electron chi connectivity index (χ4n) is 6.41. The number of unbranched alkanes of at least 4 members (excludes halogenated alkanes) is 11. The SMILES string of the molecule is CCCCCCCCC=CCCCCCCCC(=O)N[C@H]1C[C@@H](C(=O)NCCc2cnc[nH]2)N(C(=O)C(Cc2cnc[nH]2)NC(=O)OC(C)(C)C)C1. The number of H-pyrrole nitrogens is 2. The molecule has 2 aromatic rings. The first-order valence-corrected chi connectivity index (χ1v) is 19.5. The third-order valence-corrected chi connectivity index (χ3v) is 9.13. The van der Waals surface area contributed by atoms with Gasteiger partial charge in [0.05, 0.1) is 12.7 Å². The molecule has 4 amide bonds. The van der Waals surface area contributed by atoms with Crippen molar-refractivity contribution in [3.63, 3.8) is 0 Å². The Balaban J connectivity index is 1.49. The molecule has 0 aliphatic carbocycles. The summed E-state index contributed by atoms with van der Waals surface area (Å²) in [7, 11) is 0. The molecule has 3 heterocycles. The van der Waals surface area contributed by atoms with E-state index in [0.29, 0.717) is 25.1 Å². The molecule has 5 N–H and O–H groups in total. The van der Waals surface area contributed by atoms with Gasteiger partial charge in [-0.15, -0.1) is 0 Å². The molecule has 1 unspecified atom stereocenters. The van der Waals surface area contributed by atoms with Crippen molar-refractivity contribution in [1.29, 1.82) is 0 Å². The van der Waals surface area contributed by atoms with E-state index in [1.54, 1.807) is 39.5 Å². The van der Waals surface area contributed by atoms with Crippen LogP contribution in [-0.2, 0) is 32.0 Å². The van der Waals surface area contributed by atoms with E-state index in [0.717, 1.165) is 37.8 Å². The molecule has 290 valence electrons. The molecule has 1 fully saturated rings. The first kappa shape index (κ1) is 42.3. The van der Waals surface area contributed by atoms with Gasteiger partial charge in [-0.1, -0.05) is 70.4 Å². The molecule has 0 saturated carbocycles. The van der Waals surface area contributed by atoms with Gasteiger partial charge in [-0.25, -0.2) is 14.8 Å². The fourth-order valence-corrected chi connectivity index (χ4v) is 6.41. The molecule has 3 atom stereocenters. The minimum absolute atomic E-state index is 0.0868. The van der Waals surface area contributed by atoms with E-state index in [1.165, 1.54) is 62.6 Å². The number of hydrogen-bond acceptors (Lipinski definition) is 7. The minimum Gasteiger partial charge on any atom is -0.444 e. The number of carbonyl (C=O) groups excluding carboxylic acids is 4. The second kappa shape index (κ2) is 23.4. The van der Waals surface area contributed by atoms with Crippen LogP contribution in [0.4, 0.5) is 4.79 Å². The van der Waals surface area contributed by atoms with Crippen molar-refractivity contribution in [1.82, 2.24) is 40.8 Å². The van der Waals surface area contributed by atoms with Gasteiger partial charge in [0, 0.05) is 62.2 Å². The topological polar surface area (TPSA) is 174 Å². The number of ether oxygens (including phenoxy) is 1. The predicted molar refractivity (Wildman–Crippen MR) is 202 cm³/mol. The van der Waals surface area contributed by atoms with Gasteiger partial charge in [0.25, 0.3) is 0 Å². The molecular formula is C39H64N8O5. The van der Waals surface area contributed by atoms with Gasteiger partial charge in [-0.3, -0.25) is 14.4 Å². The first-order valence-electron chi connectivity index (χ1n) is 19.5. The van der Waals surface area contributed by atoms with Gasteiger partial charge in [0.2, 0.25) is 17.7 Å². The molecule has 0 spiro atoms. The van der Waals surface area contributed by atoms with Crippen LogP contribution < -0.4 is 16.0 Å². The van der Waals surface area contributed by atoms with Crippen LogP contribution in [0.5, 0.6) is 0 Å². The number of hydrogen-bond donors (Lipinski definition) is 5. The van der Waals surface area contributed by atoms with Crippen LogP contribution in [0, 0.1) is 0 Å². The van der Waals surface area contributed by atoms with Crippen LogP contribution in [0.15, 0.2) is 37.2 Å². The van der Waals surface area contributed by atoms with Gasteiger partial charge in [-0.2, -0.15) is 0 Å². The van der Waals surface area contributed by atoms with Crippen molar-refractivity contribution in [2.45, 2.75) is 161 Å². The molecule has 1 aliphatic rings. The molecule has 0 radical (unpaired) electrons. The average molecular weight is 725 g/mol. The summed E-state index contributed by atoms with van der Waals surface area (Å²) < 4.78 is 5.45. The lowest BCUT2D eigenvalue weighted by molar-refractivity contribution is -0.140. The van der Waals surface area contributed by atoms with Crippen LogP contribution in [0.3, 0.4) is 0 Å². The van der Waals surface area contributed by atoms with E-state index in [2.05, 4.69) is 55.0 Å². The number of likely N-dealkylation sites (tertiary alicyclic amines) is 1. The number of aromatic nitrogens is 4. The summed E-state index contributed by atoms with van der Waals surface area (Å²) >= 11 is 0. The highest BCUT2D eigenvalue weighted by Crippen LogP contribution is 2.22. The largest absolute Gasteiger partial charge is 0.444 e. The maximum Gasteiger partial charge on any atom is 0.408 e. The highest BCUT2D eigenvalue weighted by molar-refractivity contribution is 5.92. The summed E-state index contributed by atoms with van der Waals surface area (Å²) in [6.07, 6.45) is 27.0. The Morgan fingerprint density at radius 3 is 2.13 bits per heavy atom. The molecule has 52 heavy (non-hydrogen) atoms. The van der Waals surface area contributed by atoms with Gasteiger partial charge in [0.15, 0.2) is 0 Å². The third-order valence-electron chi connectivity index (χ3n) is 9.13. The lowest BCUT2D eigenvalue weighted by Crippen LogP contribution is -2.55. The monoisotopic (exact) mass is 724 g/mol. The zero-order chi connectivity index (χ0) is 37.6. The van der Waals surface area contributed by atoms with Gasteiger partial charge >= 0.3 is 6.09 Å². The smallest absolute Gasteiger partial charge is 0.408 e. The summed E-state index contributed by atoms with van der Waals surface area (Å²) in [6.45, 7) is 7.97. The molecule has 13 nitrogen and oxygen atoms in total. The van der Waals surface area contributed by atoms with E-state index in [4.69, 9.17) is 4.74 Å². The number of nitrogens with zero attached hydrogens (tertiary/aromatic N) is 3. The zero-order valence-corrected chi connectivity index (χ0v) is 32.0. The third kappa shape index (κ3) is 16.9. The lowest BCUT2D eigenvalue weighted by atomic mass is 10.1. The van der Waals surface area contributed by atoms with Crippen molar-refractivity contribution >= 4 is 23.8 Å². The molecule has 0 aromatic carbocycles.